The molecule has 0 saturated carbocycles. The number of pyridine rings is 1. The zero-order valence-electron chi connectivity index (χ0n) is 11.7. The summed E-state index contributed by atoms with van der Waals surface area (Å²) in [4.78, 5) is 20.3. The maximum absolute atomic E-state index is 11.5. The van der Waals surface area contributed by atoms with Crippen LogP contribution in [0.15, 0.2) is 48.7 Å². The maximum Gasteiger partial charge on any atom is 0.348 e. The van der Waals surface area contributed by atoms with Crippen molar-refractivity contribution in [3.8, 4) is 27.7 Å². The van der Waals surface area contributed by atoms with Gasteiger partial charge in [0, 0.05) is 11.8 Å². The van der Waals surface area contributed by atoms with Crippen molar-refractivity contribution in [3.05, 3.63) is 53.5 Å². The summed E-state index contributed by atoms with van der Waals surface area (Å²) >= 11 is 1.13. The summed E-state index contributed by atoms with van der Waals surface area (Å²) < 4.78 is 5.19. The van der Waals surface area contributed by atoms with Crippen LogP contribution in [-0.2, 0) is 0 Å². The Labute approximate surface area is 130 Å². The van der Waals surface area contributed by atoms with Gasteiger partial charge in [0.15, 0.2) is 0 Å². The molecule has 0 radical (unpaired) electrons. The smallest absolute Gasteiger partial charge is 0.348 e. The fourth-order valence-electron chi connectivity index (χ4n) is 2.02. The van der Waals surface area contributed by atoms with E-state index in [2.05, 4.69) is 9.97 Å². The van der Waals surface area contributed by atoms with E-state index in [-0.39, 0.29) is 4.88 Å². The summed E-state index contributed by atoms with van der Waals surface area (Å²) in [5.41, 5.74) is 1.75. The molecule has 1 N–H and O–H groups in total. The lowest BCUT2D eigenvalue weighted by Gasteiger charge is -2.01. The first kappa shape index (κ1) is 14.2. The van der Waals surface area contributed by atoms with E-state index < -0.39 is 5.97 Å². The van der Waals surface area contributed by atoms with Gasteiger partial charge in [0.25, 0.3) is 0 Å². The first-order valence-corrected chi connectivity index (χ1v) is 7.30. The molecule has 3 aromatic rings. The van der Waals surface area contributed by atoms with Crippen LogP contribution < -0.4 is 4.74 Å². The summed E-state index contributed by atoms with van der Waals surface area (Å²) in [6, 6.07) is 12.7. The van der Waals surface area contributed by atoms with Crippen molar-refractivity contribution in [2.45, 2.75) is 0 Å². The lowest BCUT2D eigenvalue weighted by molar-refractivity contribution is 0.0702. The minimum atomic E-state index is -1.01. The molecule has 0 amide bonds. The van der Waals surface area contributed by atoms with E-state index in [1.807, 2.05) is 24.3 Å². The lowest BCUT2D eigenvalue weighted by atomic mass is 10.2. The Balaban J connectivity index is 2.13. The van der Waals surface area contributed by atoms with E-state index in [1.54, 1.807) is 31.5 Å². The zero-order chi connectivity index (χ0) is 15.5. The molecule has 0 fully saturated rings. The first-order valence-electron chi connectivity index (χ1n) is 6.49. The number of benzene rings is 1. The van der Waals surface area contributed by atoms with Crippen LogP contribution in [0, 0.1) is 0 Å². The molecule has 0 atom stereocenters. The average molecular weight is 312 g/mol. The molecule has 3 rings (SSSR count). The minimum absolute atomic E-state index is 0.177. The number of aromatic carboxylic acids is 1. The van der Waals surface area contributed by atoms with E-state index in [4.69, 9.17) is 4.74 Å². The predicted molar refractivity (Wildman–Crippen MR) is 84.3 cm³/mol. The van der Waals surface area contributed by atoms with Gasteiger partial charge in [-0.05, 0) is 24.3 Å². The van der Waals surface area contributed by atoms with Crippen LogP contribution in [0.3, 0.4) is 0 Å². The molecule has 22 heavy (non-hydrogen) atoms. The van der Waals surface area contributed by atoms with Crippen molar-refractivity contribution in [3.63, 3.8) is 0 Å². The Kier molecular flexibility index (Phi) is 3.84. The summed E-state index contributed by atoms with van der Waals surface area (Å²) in [6.07, 6.45) is 1.62. The van der Waals surface area contributed by atoms with Crippen LogP contribution in [0.1, 0.15) is 9.67 Å². The van der Waals surface area contributed by atoms with Gasteiger partial charge in [0.05, 0.1) is 12.8 Å². The zero-order valence-corrected chi connectivity index (χ0v) is 12.5. The average Bonchev–Trinajstić information content (AvgIpc) is 3.01. The van der Waals surface area contributed by atoms with Crippen molar-refractivity contribution in [1.29, 1.82) is 0 Å². The van der Waals surface area contributed by atoms with Crippen molar-refractivity contribution >= 4 is 17.3 Å². The highest BCUT2D eigenvalue weighted by molar-refractivity contribution is 7.17. The Morgan fingerprint density at radius 2 is 2.09 bits per heavy atom. The maximum atomic E-state index is 11.5. The molecule has 0 unspecified atom stereocenters. The second kappa shape index (κ2) is 5.95. The molecule has 2 heterocycles. The van der Waals surface area contributed by atoms with Crippen LogP contribution in [0.25, 0.3) is 22.0 Å². The number of nitrogens with zero attached hydrogens (tertiary/aromatic N) is 2. The summed E-state index contributed by atoms with van der Waals surface area (Å²) in [5.74, 6) is -0.309. The molecule has 0 bridgehead atoms. The Morgan fingerprint density at radius 3 is 2.77 bits per heavy atom. The topological polar surface area (TPSA) is 72.3 Å². The molecule has 5 nitrogen and oxygen atoms in total. The van der Waals surface area contributed by atoms with Gasteiger partial charge in [-0.15, -0.1) is 11.3 Å². The van der Waals surface area contributed by atoms with Gasteiger partial charge >= 0.3 is 5.97 Å². The molecule has 2 aromatic heterocycles. The van der Waals surface area contributed by atoms with Crippen molar-refractivity contribution in [1.82, 2.24) is 9.97 Å². The van der Waals surface area contributed by atoms with Gasteiger partial charge in [0.2, 0.25) is 0 Å². The molecule has 1 aromatic carbocycles. The number of carboxylic acids is 1. The molecule has 0 aliphatic heterocycles. The number of aromatic nitrogens is 2. The van der Waals surface area contributed by atoms with E-state index in [9.17, 15) is 9.90 Å². The Morgan fingerprint density at radius 1 is 1.23 bits per heavy atom. The van der Waals surface area contributed by atoms with Gasteiger partial charge in [0.1, 0.15) is 21.3 Å². The SMILES string of the molecule is COc1cccc(-c2nc(-c3ccccn3)c(C(=O)O)s2)c1. The van der Waals surface area contributed by atoms with E-state index in [0.29, 0.717) is 22.1 Å². The van der Waals surface area contributed by atoms with Crippen LogP contribution in [0.4, 0.5) is 0 Å². The van der Waals surface area contributed by atoms with Crippen LogP contribution in [-0.4, -0.2) is 28.2 Å². The summed E-state index contributed by atoms with van der Waals surface area (Å²) in [6.45, 7) is 0. The molecule has 0 saturated heterocycles. The quantitative estimate of drug-likeness (QED) is 0.797. The number of thiazole rings is 1. The van der Waals surface area contributed by atoms with E-state index >= 15 is 0 Å². The van der Waals surface area contributed by atoms with Gasteiger partial charge in [-0.3, -0.25) is 4.98 Å². The second-order valence-corrected chi connectivity index (χ2v) is 5.45. The largest absolute Gasteiger partial charge is 0.497 e. The summed E-state index contributed by atoms with van der Waals surface area (Å²) in [5, 5.41) is 10.0. The predicted octanol–water partition coefficient (Wildman–Crippen LogP) is 3.58. The highest BCUT2D eigenvalue weighted by Crippen LogP contribution is 2.34. The van der Waals surface area contributed by atoms with Gasteiger partial charge in [-0.1, -0.05) is 18.2 Å². The Bertz CT molecular complexity index is 815. The van der Waals surface area contributed by atoms with Gasteiger partial charge < -0.3 is 9.84 Å². The fourth-order valence-corrected chi connectivity index (χ4v) is 2.93. The number of hydrogen-bond acceptors (Lipinski definition) is 5. The number of ether oxygens (including phenoxy) is 1. The second-order valence-electron chi connectivity index (χ2n) is 4.45. The molecular formula is C16H12N2O3S. The van der Waals surface area contributed by atoms with Crippen molar-refractivity contribution in [2.75, 3.05) is 7.11 Å². The van der Waals surface area contributed by atoms with Gasteiger partial charge in [-0.25, -0.2) is 9.78 Å². The number of rotatable bonds is 4. The molecule has 0 aliphatic carbocycles. The van der Waals surface area contributed by atoms with Crippen LogP contribution in [0.2, 0.25) is 0 Å². The van der Waals surface area contributed by atoms with Gasteiger partial charge in [-0.2, -0.15) is 0 Å². The number of methoxy groups -OCH3 is 1. The Hall–Kier alpha value is -2.73. The third-order valence-corrected chi connectivity index (χ3v) is 4.14. The normalized spacial score (nSPS) is 10.4. The number of carbonyl (C=O) groups is 1. The molecule has 110 valence electrons. The minimum Gasteiger partial charge on any atom is -0.497 e. The first-order chi connectivity index (χ1) is 10.7. The lowest BCUT2D eigenvalue weighted by Crippen LogP contribution is -1.96. The van der Waals surface area contributed by atoms with Crippen molar-refractivity contribution in [2.24, 2.45) is 0 Å². The van der Waals surface area contributed by atoms with Crippen molar-refractivity contribution < 1.29 is 14.6 Å². The standard InChI is InChI=1S/C16H12N2O3S/c1-21-11-6-4-5-10(9-11)15-18-13(14(22-15)16(19)20)12-7-2-3-8-17-12/h2-9H,1H3,(H,19,20). The molecule has 6 heteroatoms. The highest BCUT2D eigenvalue weighted by atomic mass is 32.1. The van der Waals surface area contributed by atoms with E-state index in [0.717, 1.165) is 16.9 Å². The fraction of sp³-hybridized carbons (Fsp3) is 0.0625. The van der Waals surface area contributed by atoms with Crippen LogP contribution >= 0.6 is 11.3 Å². The highest BCUT2D eigenvalue weighted by Gasteiger charge is 2.20. The van der Waals surface area contributed by atoms with E-state index in [1.165, 1.54) is 0 Å². The molecule has 0 spiro atoms. The number of hydrogen-bond donors (Lipinski definition) is 1. The molecular weight excluding hydrogens is 300 g/mol. The number of carboxylic acid groups (broad SMARTS) is 1. The van der Waals surface area contributed by atoms with Crippen LogP contribution in [0.5, 0.6) is 5.75 Å². The molecule has 0 aliphatic rings. The monoisotopic (exact) mass is 312 g/mol. The third kappa shape index (κ3) is 2.68. The summed E-state index contributed by atoms with van der Waals surface area (Å²) in [7, 11) is 1.59. The third-order valence-electron chi connectivity index (χ3n) is 3.05.